The van der Waals surface area contributed by atoms with E-state index in [1.54, 1.807) is 18.2 Å². The van der Waals surface area contributed by atoms with E-state index in [1.165, 1.54) is 4.57 Å². The average molecular weight is 439 g/mol. The molecule has 2 heterocycles. The van der Waals surface area contributed by atoms with E-state index in [4.69, 9.17) is 0 Å². The topological polar surface area (TPSA) is 49.2 Å². The minimum atomic E-state index is -4.26. The molecule has 2 aromatic rings. The number of nitrogens with one attached hydrogen (secondary N) is 2. The lowest BCUT2D eigenvalue weighted by Crippen LogP contribution is -2.47. The molecule has 1 aliphatic rings. The van der Waals surface area contributed by atoms with Crippen molar-refractivity contribution in [3.8, 4) is 0 Å². The lowest BCUT2D eigenvalue weighted by Gasteiger charge is -2.30. The molecule has 0 amide bonds. The van der Waals surface area contributed by atoms with Crippen molar-refractivity contribution in [2.75, 3.05) is 18.4 Å². The van der Waals surface area contributed by atoms with Crippen LogP contribution >= 0.6 is 22.6 Å². The molecular formula is C15H17F3IN3O. The predicted molar refractivity (Wildman–Crippen MR) is 91.6 cm³/mol. The van der Waals surface area contributed by atoms with Crippen LogP contribution in [0.15, 0.2) is 24.3 Å². The van der Waals surface area contributed by atoms with Crippen molar-refractivity contribution in [2.24, 2.45) is 0 Å². The van der Waals surface area contributed by atoms with Gasteiger partial charge in [0.1, 0.15) is 6.54 Å². The van der Waals surface area contributed by atoms with Gasteiger partial charge in [0.2, 0.25) is 0 Å². The molecule has 3 N–H and O–H groups in total. The first-order valence-electron chi connectivity index (χ1n) is 7.35. The number of aromatic nitrogens is 1. The zero-order valence-electron chi connectivity index (χ0n) is 12.2. The number of benzene rings is 1. The number of rotatable bonds is 3. The molecular weight excluding hydrogens is 422 g/mol. The first-order chi connectivity index (χ1) is 10.8. The van der Waals surface area contributed by atoms with Gasteiger partial charge in [-0.2, -0.15) is 13.2 Å². The number of aliphatic hydroxyl groups is 1. The third-order valence-electron chi connectivity index (χ3n) is 4.02. The second-order valence-electron chi connectivity index (χ2n) is 5.72. The Kier molecular flexibility index (Phi) is 4.75. The van der Waals surface area contributed by atoms with E-state index < -0.39 is 18.8 Å². The zero-order chi connectivity index (χ0) is 16.6. The van der Waals surface area contributed by atoms with Crippen molar-refractivity contribution in [3.63, 3.8) is 0 Å². The standard InChI is InChI=1S/C15H17F3IN3O/c16-15(17,18)8-22-12-3-1-2-10(9(12)6-14(22)19)21-11-4-5-20-7-13(11)23/h1-3,6,11,13,20-21,23H,4-5,7-8H2/t11-,13-/m0/s1. The Balaban J connectivity index is 1.94. The Labute approximate surface area is 145 Å². The highest BCUT2D eigenvalue weighted by Gasteiger charge is 2.30. The van der Waals surface area contributed by atoms with E-state index in [0.29, 0.717) is 15.8 Å². The quantitative estimate of drug-likeness (QED) is 0.645. The first-order valence-corrected chi connectivity index (χ1v) is 8.43. The maximum atomic E-state index is 12.8. The van der Waals surface area contributed by atoms with Crippen LogP contribution in [-0.4, -0.2) is 41.1 Å². The van der Waals surface area contributed by atoms with Crippen LogP contribution in [0.5, 0.6) is 0 Å². The molecule has 1 saturated heterocycles. The van der Waals surface area contributed by atoms with Crippen LogP contribution in [0.2, 0.25) is 0 Å². The molecule has 8 heteroatoms. The number of hydrogen-bond acceptors (Lipinski definition) is 3. The third kappa shape index (κ3) is 3.74. The highest BCUT2D eigenvalue weighted by atomic mass is 127. The molecule has 2 atom stereocenters. The van der Waals surface area contributed by atoms with Crippen LogP contribution in [0.25, 0.3) is 10.9 Å². The Morgan fingerprint density at radius 3 is 2.87 bits per heavy atom. The third-order valence-corrected chi connectivity index (χ3v) is 4.92. The van der Waals surface area contributed by atoms with Gasteiger partial charge < -0.3 is 20.3 Å². The van der Waals surface area contributed by atoms with E-state index in [9.17, 15) is 18.3 Å². The van der Waals surface area contributed by atoms with Crippen LogP contribution in [0.4, 0.5) is 18.9 Å². The maximum absolute atomic E-state index is 12.8. The van der Waals surface area contributed by atoms with Crippen LogP contribution in [0, 0.1) is 3.70 Å². The molecule has 126 valence electrons. The molecule has 1 fully saturated rings. The SMILES string of the molecule is O[C@H]1CNCC[C@@H]1Nc1cccc2c1cc(I)n2CC(F)(F)F. The second kappa shape index (κ2) is 6.48. The molecule has 0 spiro atoms. The van der Waals surface area contributed by atoms with Crippen LogP contribution in [0.3, 0.4) is 0 Å². The van der Waals surface area contributed by atoms with E-state index in [1.807, 2.05) is 28.7 Å². The molecule has 1 aromatic heterocycles. The number of β-amino-alcohol motifs (C(OH)–C–C–N with tert-alkyl or cyclic N) is 1. The fourth-order valence-electron chi connectivity index (χ4n) is 2.93. The Morgan fingerprint density at radius 2 is 2.17 bits per heavy atom. The molecule has 0 saturated carbocycles. The van der Waals surface area contributed by atoms with E-state index in [-0.39, 0.29) is 6.04 Å². The van der Waals surface area contributed by atoms with Crippen LogP contribution in [0.1, 0.15) is 6.42 Å². The van der Waals surface area contributed by atoms with Crippen molar-refractivity contribution in [3.05, 3.63) is 28.0 Å². The van der Waals surface area contributed by atoms with E-state index >= 15 is 0 Å². The molecule has 0 bridgehead atoms. The summed E-state index contributed by atoms with van der Waals surface area (Å²) in [6, 6.07) is 6.90. The number of piperidine rings is 1. The number of alkyl halides is 3. The summed E-state index contributed by atoms with van der Waals surface area (Å²) in [5.74, 6) is 0. The number of halogens is 4. The highest BCUT2D eigenvalue weighted by molar-refractivity contribution is 14.1. The summed E-state index contributed by atoms with van der Waals surface area (Å²) in [6.45, 7) is 0.311. The minimum absolute atomic E-state index is 0.106. The highest BCUT2D eigenvalue weighted by Crippen LogP contribution is 2.31. The summed E-state index contributed by atoms with van der Waals surface area (Å²) in [6.07, 6.45) is -4.02. The molecule has 0 unspecified atom stereocenters. The minimum Gasteiger partial charge on any atom is -0.390 e. The van der Waals surface area contributed by atoms with Crippen LogP contribution in [-0.2, 0) is 6.54 Å². The Morgan fingerprint density at radius 1 is 1.39 bits per heavy atom. The monoisotopic (exact) mass is 439 g/mol. The van der Waals surface area contributed by atoms with Crippen molar-refractivity contribution in [1.82, 2.24) is 9.88 Å². The molecule has 0 aliphatic carbocycles. The Hall–Kier alpha value is -1.00. The lowest BCUT2D eigenvalue weighted by atomic mass is 10.0. The van der Waals surface area contributed by atoms with Crippen molar-refractivity contribution < 1.29 is 18.3 Å². The fraction of sp³-hybridized carbons (Fsp3) is 0.467. The van der Waals surface area contributed by atoms with Crippen molar-refractivity contribution in [1.29, 1.82) is 0 Å². The molecule has 1 aromatic carbocycles. The van der Waals surface area contributed by atoms with Gasteiger partial charge in [0.15, 0.2) is 0 Å². The number of anilines is 1. The van der Waals surface area contributed by atoms with E-state index in [0.717, 1.165) is 24.0 Å². The van der Waals surface area contributed by atoms with Gasteiger partial charge in [-0.3, -0.25) is 0 Å². The molecule has 0 radical (unpaired) electrons. The van der Waals surface area contributed by atoms with Gasteiger partial charge in [-0.05, 0) is 53.8 Å². The smallest absolute Gasteiger partial charge is 0.390 e. The molecule has 3 rings (SSSR count). The number of aliphatic hydroxyl groups excluding tert-OH is 1. The average Bonchev–Trinajstić information content (AvgIpc) is 2.77. The summed E-state index contributed by atoms with van der Waals surface area (Å²) in [4.78, 5) is 0. The molecule has 4 nitrogen and oxygen atoms in total. The van der Waals surface area contributed by atoms with Gasteiger partial charge in [0, 0.05) is 17.6 Å². The summed E-state index contributed by atoms with van der Waals surface area (Å²) < 4.78 is 40.1. The van der Waals surface area contributed by atoms with Crippen molar-refractivity contribution >= 4 is 39.2 Å². The summed E-state index contributed by atoms with van der Waals surface area (Å²) in [5.41, 5.74) is 1.30. The van der Waals surface area contributed by atoms with Gasteiger partial charge in [-0.15, -0.1) is 0 Å². The van der Waals surface area contributed by atoms with Gasteiger partial charge in [0.05, 0.1) is 21.4 Å². The summed E-state index contributed by atoms with van der Waals surface area (Å²) >= 11 is 1.92. The first kappa shape index (κ1) is 16.8. The van der Waals surface area contributed by atoms with Crippen molar-refractivity contribution in [2.45, 2.75) is 31.3 Å². The predicted octanol–water partition coefficient (Wildman–Crippen LogP) is 2.94. The van der Waals surface area contributed by atoms with Crippen LogP contribution < -0.4 is 10.6 Å². The number of hydrogen-bond donors (Lipinski definition) is 3. The van der Waals surface area contributed by atoms with Gasteiger partial charge in [-0.25, -0.2) is 0 Å². The van der Waals surface area contributed by atoms with Gasteiger partial charge in [-0.1, -0.05) is 6.07 Å². The molecule has 1 aliphatic heterocycles. The fourth-order valence-corrected chi connectivity index (χ4v) is 3.67. The summed E-state index contributed by atoms with van der Waals surface area (Å²) in [7, 11) is 0. The second-order valence-corrected chi connectivity index (χ2v) is 6.82. The lowest BCUT2D eigenvalue weighted by molar-refractivity contribution is -0.140. The number of nitrogens with zero attached hydrogens (tertiary/aromatic N) is 1. The summed E-state index contributed by atoms with van der Waals surface area (Å²) in [5, 5.41) is 17.2. The molecule has 23 heavy (non-hydrogen) atoms. The Bertz CT molecular complexity index is 701. The number of fused-ring (bicyclic) bond motifs is 1. The maximum Gasteiger partial charge on any atom is 0.406 e. The normalized spacial score (nSPS) is 22.5. The zero-order valence-corrected chi connectivity index (χ0v) is 14.4. The van der Waals surface area contributed by atoms with E-state index in [2.05, 4.69) is 10.6 Å². The van der Waals surface area contributed by atoms with Gasteiger partial charge in [0.25, 0.3) is 0 Å². The largest absolute Gasteiger partial charge is 0.406 e. The van der Waals surface area contributed by atoms with Gasteiger partial charge >= 0.3 is 6.18 Å².